The van der Waals surface area contributed by atoms with Gasteiger partial charge >= 0.3 is 0 Å². The molecule has 4 heteroatoms. The Labute approximate surface area is 112 Å². The minimum absolute atomic E-state index is 0.540. The van der Waals surface area contributed by atoms with Gasteiger partial charge in [-0.1, -0.05) is 15.9 Å². The summed E-state index contributed by atoms with van der Waals surface area (Å²) in [6.45, 7) is 6.37. The fourth-order valence-corrected chi connectivity index (χ4v) is 2.52. The van der Waals surface area contributed by atoms with E-state index in [1.807, 2.05) is 7.05 Å². The number of aryl methyl sites for hydroxylation is 1. The zero-order chi connectivity index (χ0) is 12.3. The third-order valence-electron chi connectivity index (χ3n) is 3.21. The van der Waals surface area contributed by atoms with E-state index in [1.165, 1.54) is 15.7 Å². The molecule has 1 aliphatic rings. The average molecular weight is 298 g/mol. The van der Waals surface area contributed by atoms with E-state index < -0.39 is 0 Å². The standard InChI is InChI=1S/C13H20BrN3/c1-10-7-12(3-4-13(10)14)17-6-5-16-11(9-17)8-15-2/h3-4,7,11,15-16H,5-6,8-9H2,1-2H3. The highest BCUT2D eigenvalue weighted by atomic mass is 79.9. The number of nitrogens with one attached hydrogen (secondary N) is 2. The van der Waals surface area contributed by atoms with Crippen molar-refractivity contribution in [3.8, 4) is 0 Å². The number of hydrogen-bond donors (Lipinski definition) is 2. The zero-order valence-electron chi connectivity index (χ0n) is 10.5. The first-order valence-corrected chi connectivity index (χ1v) is 6.89. The molecule has 0 aromatic heterocycles. The summed E-state index contributed by atoms with van der Waals surface area (Å²) in [4.78, 5) is 2.46. The van der Waals surface area contributed by atoms with Crippen molar-refractivity contribution in [2.75, 3.05) is 38.1 Å². The SMILES string of the molecule is CNCC1CN(c2ccc(Br)c(C)c2)CCN1. The van der Waals surface area contributed by atoms with E-state index in [-0.39, 0.29) is 0 Å². The van der Waals surface area contributed by atoms with E-state index in [9.17, 15) is 0 Å². The van der Waals surface area contributed by atoms with Crippen molar-refractivity contribution in [2.45, 2.75) is 13.0 Å². The van der Waals surface area contributed by atoms with Crippen molar-refractivity contribution in [3.63, 3.8) is 0 Å². The van der Waals surface area contributed by atoms with Crippen LogP contribution in [-0.2, 0) is 0 Å². The fourth-order valence-electron chi connectivity index (χ4n) is 2.27. The molecule has 3 nitrogen and oxygen atoms in total. The molecule has 0 amide bonds. The Balaban J connectivity index is 2.08. The minimum atomic E-state index is 0.540. The lowest BCUT2D eigenvalue weighted by Gasteiger charge is -2.35. The van der Waals surface area contributed by atoms with E-state index in [0.717, 1.165) is 26.2 Å². The molecule has 2 N–H and O–H groups in total. The second-order valence-corrected chi connectivity index (χ2v) is 5.44. The van der Waals surface area contributed by atoms with Crippen molar-refractivity contribution >= 4 is 21.6 Å². The fraction of sp³-hybridized carbons (Fsp3) is 0.538. The van der Waals surface area contributed by atoms with Gasteiger partial charge in [-0.05, 0) is 37.7 Å². The molecule has 1 aromatic rings. The first-order chi connectivity index (χ1) is 8.20. The summed E-state index contributed by atoms with van der Waals surface area (Å²) < 4.78 is 1.18. The van der Waals surface area contributed by atoms with E-state index in [2.05, 4.69) is 56.6 Å². The maximum atomic E-state index is 3.55. The van der Waals surface area contributed by atoms with E-state index in [0.29, 0.717) is 6.04 Å². The van der Waals surface area contributed by atoms with Gasteiger partial charge in [0.15, 0.2) is 0 Å². The molecule has 1 unspecified atom stereocenters. The summed E-state index contributed by atoms with van der Waals surface area (Å²) in [5.41, 5.74) is 2.62. The Morgan fingerprint density at radius 1 is 1.53 bits per heavy atom. The van der Waals surface area contributed by atoms with Gasteiger partial charge in [0.2, 0.25) is 0 Å². The average Bonchev–Trinajstić information content (AvgIpc) is 2.33. The van der Waals surface area contributed by atoms with Crippen LogP contribution in [0.4, 0.5) is 5.69 Å². The maximum Gasteiger partial charge on any atom is 0.0370 e. The largest absolute Gasteiger partial charge is 0.369 e. The highest BCUT2D eigenvalue weighted by Gasteiger charge is 2.18. The van der Waals surface area contributed by atoms with E-state index >= 15 is 0 Å². The summed E-state index contributed by atoms with van der Waals surface area (Å²) in [5.74, 6) is 0. The molecule has 0 bridgehead atoms. The lowest BCUT2D eigenvalue weighted by Crippen LogP contribution is -2.54. The van der Waals surface area contributed by atoms with Crippen molar-refractivity contribution < 1.29 is 0 Å². The molecule has 0 aliphatic carbocycles. The summed E-state index contributed by atoms with van der Waals surface area (Å²) >= 11 is 3.55. The van der Waals surface area contributed by atoms with Crippen molar-refractivity contribution in [1.82, 2.24) is 10.6 Å². The van der Waals surface area contributed by atoms with Crippen LogP contribution in [0.25, 0.3) is 0 Å². The van der Waals surface area contributed by atoms with Gasteiger partial charge in [0, 0.05) is 42.4 Å². The third kappa shape index (κ3) is 3.21. The number of halogens is 1. The van der Waals surface area contributed by atoms with Gasteiger partial charge in [0.1, 0.15) is 0 Å². The van der Waals surface area contributed by atoms with E-state index in [1.54, 1.807) is 0 Å². The highest BCUT2D eigenvalue weighted by molar-refractivity contribution is 9.10. The molecule has 17 heavy (non-hydrogen) atoms. The monoisotopic (exact) mass is 297 g/mol. The number of nitrogens with zero attached hydrogens (tertiary/aromatic N) is 1. The topological polar surface area (TPSA) is 27.3 Å². The third-order valence-corrected chi connectivity index (χ3v) is 4.10. The lowest BCUT2D eigenvalue weighted by atomic mass is 10.1. The van der Waals surface area contributed by atoms with Crippen LogP contribution in [0.1, 0.15) is 5.56 Å². The van der Waals surface area contributed by atoms with Crippen LogP contribution in [0, 0.1) is 6.92 Å². The van der Waals surface area contributed by atoms with Gasteiger partial charge < -0.3 is 15.5 Å². The summed E-state index contributed by atoms with van der Waals surface area (Å²) in [6.07, 6.45) is 0. The molecule has 94 valence electrons. The first-order valence-electron chi connectivity index (χ1n) is 6.10. The van der Waals surface area contributed by atoms with Crippen LogP contribution in [0.5, 0.6) is 0 Å². The molecule has 1 fully saturated rings. The quantitative estimate of drug-likeness (QED) is 0.890. The van der Waals surface area contributed by atoms with Crippen molar-refractivity contribution in [1.29, 1.82) is 0 Å². The number of piperazine rings is 1. The number of anilines is 1. The summed E-state index contributed by atoms with van der Waals surface area (Å²) in [7, 11) is 2.00. The minimum Gasteiger partial charge on any atom is -0.369 e. The Morgan fingerprint density at radius 3 is 3.06 bits per heavy atom. The second-order valence-electron chi connectivity index (χ2n) is 4.59. The van der Waals surface area contributed by atoms with Crippen LogP contribution in [0.15, 0.2) is 22.7 Å². The van der Waals surface area contributed by atoms with Crippen LogP contribution in [0.2, 0.25) is 0 Å². The number of benzene rings is 1. The molecular formula is C13H20BrN3. The summed E-state index contributed by atoms with van der Waals surface area (Å²) in [5, 5.41) is 6.77. The molecule has 0 saturated carbocycles. The maximum absolute atomic E-state index is 3.55. The van der Waals surface area contributed by atoms with Crippen LogP contribution < -0.4 is 15.5 Å². The van der Waals surface area contributed by atoms with Crippen LogP contribution in [-0.4, -0.2) is 39.3 Å². The Hall–Kier alpha value is -0.580. The normalized spacial score (nSPS) is 20.6. The van der Waals surface area contributed by atoms with Gasteiger partial charge in [-0.3, -0.25) is 0 Å². The second kappa shape index (κ2) is 5.85. The molecule has 1 atom stereocenters. The van der Waals surface area contributed by atoms with Crippen LogP contribution in [0.3, 0.4) is 0 Å². The lowest BCUT2D eigenvalue weighted by molar-refractivity contribution is 0.443. The molecule has 1 aliphatic heterocycles. The van der Waals surface area contributed by atoms with Crippen LogP contribution >= 0.6 is 15.9 Å². The van der Waals surface area contributed by atoms with Gasteiger partial charge in [0.25, 0.3) is 0 Å². The molecular weight excluding hydrogens is 278 g/mol. The number of likely N-dealkylation sites (N-methyl/N-ethyl adjacent to an activating group) is 1. The molecule has 0 radical (unpaired) electrons. The Morgan fingerprint density at radius 2 is 2.35 bits per heavy atom. The zero-order valence-corrected chi connectivity index (χ0v) is 12.0. The summed E-state index contributed by atoms with van der Waals surface area (Å²) in [6, 6.07) is 7.13. The van der Waals surface area contributed by atoms with Gasteiger partial charge in [-0.15, -0.1) is 0 Å². The number of hydrogen-bond acceptors (Lipinski definition) is 3. The van der Waals surface area contributed by atoms with Gasteiger partial charge in [-0.25, -0.2) is 0 Å². The first kappa shape index (κ1) is 12.9. The predicted molar refractivity (Wildman–Crippen MR) is 76.8 cm³/mol. The molecule has 1 aromatic carbocycles. The predicted octanol–water partition coefficient (Wildman–Crippen LogP) is 1.76. The molecule has 2 rings (SSSR count). The van der Waals surface area contributed by atoms with Crippen molar-refractivity contribution in [3.05, 3.63) is 28.2 Å². The highest BCUT2D eigenvalue weighted by Crippen LogP contribution is 2.23. The van der Waals surface area contributed by atoms with Gasteiger partial charge in [0.05, 0.1) is 0 Å². The molecule has 1 saturated heterocycles. The smallest absolute Gasteiger partial charge is 0.0370 e. The van der Waals surface area contributed by atoms with Crippen molar-refractivity contribution in [2.24, 2.45) is 0 Å². The Kier molecular flexibility index (Phi) is 4.42. The Bertz CT molecular complexity index is 379. The molecule has 0 spiro atoms. The molecule has 1 heterocycles. The van der Waals surface area contributed by atoms with Gasteiger partial charge in [-0.2, -0.15) is 0 Å². The number of rotatable bonds is 3. The van der Waals surface area contributed by atoms with E-state index in [4.69, 9.17) is 0 Å².